The number of hydrogen-bond donors (Lipinski definition) is 1. The lowest BCUT2D eigenvalue weighted by molar-refractivity contribution is -0.139. The Kier molecular flexibility index (Phi) is 14.7. The third-order valence-corrected chi connectivity index (χ3v) is 4.50. The molecule has 0 aliphatic carbocycles. The van der Waals surface area contributed by atoms with Crippen molar-refractivity contribution in [1.82, 2.24) is 6.15 Å². The van der Waals surface area contributed by atoms with Crippen LogP contribution in [0.3, 0.4) is 0 Å². The quantitative estimate of drug-likeness (QED) is 0.439. The normalized spacial score (nSPS) is 11.3. The molecule has 0 saturated heterocycles. The van der Waals surface area contributed by atoms with E-state index in [0.717, 1.165) is 6.42 Å². The van der Waals surface area contributed by atoms with Gasteiger partial charge in [-0.15, -0.1) is 12.4 Å². The summed E-state index contributed by atoms with van der Waals surface area (Å²) < 4.78 is 20.5. The molecule has 0 aromatic heterocycles. The highest BCUT2D eigenvalue weighted by atomic mass is 35.5. The number of hydrogen-bond acceptors (Lipinski definition) is 6. The maximum absolute atomic E-state index is 11.5. The van der Waals surface area contributed by atoms with E-state index in [2.05, 4.69) is 0 Å². The molecule has 0 aromatic carbocycles. The van der Waals surface area contributed by atoms with Crippen molar-refractivity contribution in [2.75, 3.05) is 27.9 Å². The first-order valence-corrected chi connectivity index (χ1v) is 6.87. The van der Waals surface area contributed by atoms with Gasteiger partial charge in [-0.05, 0) is 19.0 Å². The van der Waals surface area contributed by atoms with Crippen molar-refractivity contribution in [3.63, 3.8) is 0 Å². The van der Waals surface area contributed by atoms with Gasteiger partial charge in [0.1, 0.15) is 0 Å². The van der Waals surface area contributed by atoms with Gasteiger partial charge >= 0.3 is 14.8 Å². The van der Waals surface area contributed by atoms with Gasteiger partial charge in [0.05, 0.1) is 6.61 Å². The fraction of sp³-hybridized carbons (Fsp3) is 0.700. The van der Waals surface area contributed by atoms with Gasteiger partial charge in [-0.25, -0.2) is 4.79 Å². The summed E-state index contributed by atoms with van der Waals surface area (Å²) in [6.07, 6.45) is 0.792. The fourth-order valence-corrected chi connectivity index (χ4v) is 2.56. The average Bonchev–Trinajstić information content (AvgIpc) is 2.32. The predicted molar refractivity (Wildman–Crippen MR) is 74.1 cm³/mol. The second-order valence-electron chi connectivity index (χ2n) is 3.18. The first kappa shape index (κ1) is 22.7. The van der Waals surface area contributed by atoms with Crippen LogP contribution in [-0.2, 0) is 22.8 Å². The van der Waals surface area contributed by atoms with Gasteiger partial charge in [0.2, 0.25) is 0 Å². The smallest absolute Gasteiger partial charge is 0.462 e. The van der Waals surface area contributed by atoms with E-state index in [0.29, 0.717) is 12.2 Å². The first-order valence-electron chi connectivity index (χ1n) is 5.07. The van der Waals surface area contributed by atoms with Crippen LogP contribution in [0, 0.1) is 0 Å². The molecule has 0 heterocycles. The van der Waals surface area contributed by atoms with E-state index in [1.807, 2.05) is 6.92 Å². The highest BCUT2D eigenvalue weighted by Gasteiger charge is 2.36. The molecule has 18 heavy (non-hydrogen) atoms. The molecule has 0 atom stereocenters. The molecule has 0 fully saturated rings. The van der Waals surface area contributed by atoms with Gasteiger partial charge in [-0.1, -0.05) is 6.92 Å². The first-order chi connectivity index (χ1) is 7.55. The zero-order valence-corrected chi connectivity index (χ0v) is 13.5. The Morgan fingerprint density at radius 3 is 1.94 bits per heavy atom. The van der Waals surface area contributed by atoms with Gasteiger partial charge in [0.25, 0.3) is 0 Å². The van der Waals surface area contributed by atoms with Crippen molar-refractivity contribution in [3.8, 4) is 0 Å². The van der Waals surface area contributed by atoms with Crippen LogP contribution in [0.2, 0.25) is 0 Å². The Labute approximate surface area is 116 Å². The summed E-state index contributed by atoms with van der Waals surface area (Å²) in [6.45, 7) is 3.99. The fourth-order valence-electron chi connectivity index (χ4n) is 1.06. The lowest BCUT2D eigenvalue weighted by atomic mass is 10.4. The summed E-state index contributed by atoms with van der Waals surface area (Å²) in [7, 11) is 1.61. The standard InChI is InChI=1S/C10H20O5Si.ClH.H3N/c1-6-7-15-10(11)9(2)8-16(12-3,13-4)14-5;;/h8H,6-7H2,1-5H3;1H;1H3. The summed E-state index contributed by atoms with van der Waals surface area (Å²) in [5, 5.41) is 0. The Morgan fingerprint density at radius 1 is 1.17 bits per heavy atom. The summed E-state index contributed by atoms with van der Waals surface area (Å²) >= 11 is 0. The van der Waals surface area contributed by atoms with Gasteiger partial charge < -0.3 is 24.2 Å². The van der Waals surface area contributed by atoms with Crippen molar-refractivity contribution in [2.24, 2.45) is 0 Å². The molecule has 0 unspecified atom stereocenters. The van der Waals surface area contributed by atoms with Crippen LogP contribution >= 0.6 is 12.4 Å². The molecule has 0 bridgehead atoms. The molecule has 110 valence electrons. The molecular weight excluding hydrogens is 278 g/mol. The number of carbonyl (C=O) groups is 1. The van der Waals surface area contributed by atoms with Crippen molar-refractivity contribution in [1.29, 1.82) is 0 Å². The van der Waals surface area contributed by atoms with Crippen molar-refractivity contribution < 1.29 is 22.8 Å². The van der Waals surface area contributed by atoms with Gasteiger partial charge in [-0.3, -0.25) is 0 Å². The van der Waals surface area contributed by atoms with E-state index >= 15 is 0 Å². The molecule has 8 heteroatoms. The molecule has 0 amide bonds. The topological polar surface area (TPSA) is 89.0 Å². The molecule has 0 radical (unpaired) electrons. The van der Waals surface area contributed by atoms with E-state index in [1.54, 1.807) is 12.6 Å². The van der Waals surface area contributed by atoms with Crippen molar-refractivity contribution in [3.05, 3.63) is 11.3 Å². The van der Waals surface area contributed by atoms with E-state index in [9.17, 15) is 4.79 Å². The lowest BCUT2D eigenvalue weighted by Gasteiger charge is -2.21. The van der Waals surface area contributed by atoms with E-state index in [-0.39, 0.29) is 24.5 Å². The number of rotatable bonds is 7. The second kappa shape index (κ2) is 11.6. The van der Waals surface area contributed by atoms with Crippen LogP contribution in [0.25, 0.3) is 0 Å². The summed E-state index contributed by atoms with van der Waals surface area (Å²) in [5.74, 6) is -0.370. The summed E-state index contributed by atoms with van der Waals surface area (Å²) in [5.41, 5.74) is 2.01. The molecule has 0 aliphatic rings. The molecule has 0 aliphatic heterocycles. The lowest BCUT2D eigenvalue weighted by Crippen LogP contribution is -2.41. The monoisotopic (exact) mass is 301 g/mol. The van der Waals surface area contributed by atoms with Crippen LogP contribution in [0.15, 0.2) is 11.3 Å². The molecule has 0 aromatic rings. The van der Waals surface area contributed by atoms with E-state index in [4.69, 9.17) is 18.0 Å². The predicted octanol–water partition coefficient (Wildman–Crippen LogP) is 1.89. The third kappa shape index (κ3) is 7.09. The Bertz CT molecular complexity index is 250. The second-order valence-corrected chi connectivity index (χ2v) is 5.90. The van der Waals surface area contributed by atoms with Gasteiger partial charge in [-0.2, -0.15) is 0 Å². The van der Waals surface area contributed by atoms with Crippen molar-refractivity contribution in [2.45, 2.75) is 20.3 Å². The zero-order valence-electron chi connectivity index (χ0n) is 11.6. The molecule has 0 spiro atoms. The van der Waals surface area contributed by atoms with Gasteiger partial charge in [0.15, 0.2) is 0 Å². The van der Waals surface area contributed by atoms with Crippen molar-refractivity contribution >= 4 is 27.2 Å². The SMILES string of the molecule is CCCOC(=O)C(C)=C[Si](OC)(OC)OC.Cl.N. The largest absolute Gasteiger partial charge is 0.529 e. The molecule has 3 N–H and O–H groups in total. The summed E-state index contributed by atoms with van der Waals surface area (Å²) in [6, 6.07) is 0. The summed E-state index contributed by atoms with van der Waals surface area (Å²) in [4.78, 5) is 11.5. The van der Waals surface area contributed by atoms with Crippen LogP contribution in [0.4, 0.5) is 0 Å². The van der Waals surface area contributed by atoms with E-state index in [1.165, 1.54) is 21.3 Å². The average molecular weight is 302 g/mol. The number of halogens is 1. The maximum Gasteiger partial charge on any atom is 0.529 e. The highest BCUT2D eigenvalue weighted by Crippen LogP contribution is 2.11. The minimum atomic E-state index is -2.85. The Morgan fingerprint density at radius 2 is 1.61 bits per heavy atom. The number of esters is 1. The number of ether oxygens (including phenoxy) is 1. The van der Waals surface area contributed by atoms with E-state index < -0.39 is 8.80 Å². The minimum absolute atomic E-state index is 0. The van der Waals surface area contributed by atoms with Crippen LogP contribution in [-0.4, -0.2) is 42.7 Å². The number of carbonyl (C=O) groups excluding carboxylic acids is 1. The minimum Gasteiger partial charge on any atom is -0.462 e. The highest BCUT2D eigenvalue weighted by molar-refractivity contribution is 6.66. The zero-order chi connectivity index (χ0) is 12.6. The molecule has 0 rings (SSSR count). The van der Waals surface area contributed by atoms with Crippen LogP contribution < -0.4 is 6.15 Å². The maximum atomic E-state index is 11.5. The van der Waals surface area contributed by atoms with Crippen LogP contribution in [0.5, 0.6) is 0 Å². The molecule has 6 nitrogen and oxygen atoms in total. The van der Waals surface area contributed by atoms with Crippen LogP contribution in [0.1, 0.15) is 20.3 Å². The Hall–Kier alpha value is -0.443. The Balaban J connectivity index is -0.00000112. The molecular formula is C10H24ClNO5Si. The molecule has 0 saturated carbocycles. The third-order valence-electron chi connectivity index (χ3n) is 2.01. The van der Waals surface area contributed by atoms with Gasteiger partial charge in [0, 0.05) is 26.9 Å².